The van der Waals surface area contributed by atoms with Gasteiger partial charge >= 0.3 is 0 Å². The van der Waals surface area contributed by atoms with Crippen LogP contribution in [0.2, 0.25) is 0 Å². The van der Waals surface area contributed by atoms with Crippen molar-refractivity contribution in [1.82, 2.24) is 0 Å². The number of anilines is 6. The van der Waals surface area contributed by atoms with Crippen LogP contribution in [0.4, 0.5) is 34.1 Å². The van der Waals surface area contributed by atoms with Crippen molar-refractivity contribution >= 4 is 55.7 Å². The van der Waals surface area contributed by atoms with Crippen molar-refractivity contribution in [3.8, 4) is 11.1 Å². The number of para-hydroxylation sites is 3. The lowest BCUT2D eigenvalue weighted by Crippen LogP contribution is -2.29. The number of hydrogen-bond acceptors (Lipinski definition) is 2. The molecule has 0 heterocycles. The second-order valence-electron chi connectivity index (χ2n) is 15.3. The largest absolute Gasteiger partial charge is 0.310 e. The summed E-state index contributed by atoms with van der Waals surface area (Å²) in [5.41, 5.74) is 13.6. The van der Waals surface area contributed by atoms with E-state index in [2.05, 4.69) is 252 Å². The molecule has 0 saturated carbocycles. The zero-order valence-corrected chi connectivity index (χ0v) is 32.5. The van der Waals surface area contributed by atoms with E-state index in [1.54, 1.807) is 0 Å². The highest BCUT2D eigenvalue weighted by Gasteiger charge is 2.48. The maximum Gasteiger partial charge on any atom is 0.0715 e. The minimum Gasteiger partial charge on any atom is -0.310 e. The predicted molar refractivity (Wildman–Crippen MR) is 248 cm³/mol. The molecule has 0 saturated heterocycles. The summed E-state index contributed by atoms with van der Waals surface area (Å²) in [7, 11) is 0. The van der Waals surface area contributed by atoms with E-state index in [-0.39, 0.29) is 0 Å². The van der Waals surface area contributed by atoms with Crippen molar-refractivity contribution in [2.45, 2.75) is 5.41 Å². The summed E-state index contributed by atoms with van der Waals surface area (Å²) >= 11 is 0. The van der Waals surface area contributed by atoms with Gasteiger partial charge < -0.3 is 9.80 Å². The Balaban J connectivity index is 1.26. The van der Waals surface area contributed by atoms with E-state index in [0.717, 1.165) is 34.1 Å². The van der Waals surface area contributed by atoms with Gasteiger partial charge in [-0.25, -0.2) is 0 Å². The Hall–Kier alpha value is -7.68. The fraction of sp³-hybridized carbons (Fsp3) is 0.0175. The third kappa shape index (κ3) is 5.64. The van der Waals surface area contributed by atoms with E-state index in [9.17, 15) is 0 Å². The van der Waals surface area contributed by atoms with Crippen molar-refractivity contribution in [3.63, 3.8) is 0 Å². The quantitative estimate of drug-likeness (QED) is 0.152. The number of fused-ring (bicyclic) bond motifs is 6. The molecular formula is C57H40N2. The molecule has 59 heavy (non-hydrogen) atoms. The lowest BCUT2D eigenvalue weighted by Gasteiger charge is -2.36. The van der Waals surface area contributed by atoms with Crippen molar-refractivity contribution in [3.05, 3.63) is 265 Å². The van der Waals surface area contributed by atoms with Crippen LogP contribution in [0.15, 0.2) is 243 Å². The molecule has 11 rings (SSSR count). The molecule has 10 aromatic rings. The van der Waals surface area contributed by atoms with Crippen molar-refractivity contribution in [1.29, 1.82) is 0 Å². The molecule has 0 unspecified atom stereocenters. The second-order valence-corrected chi connectivity index (χ2v) is 15.3. The van der Waals surface area contributed by atoms with E-state index >= 15 is 0 Å². The molecule has 0 aliphatic heterocycles. The molecule has 0 atom stereocenters. The molecular weight excluding hydrogens is 713 g/mol. The van der Waals surface area contributed by atoms with Gasteiger partial charge in [0.05, 0.1) is 11.1 Å². The molecule has 0 spiro atoms. The molecule has 1 aliphatic rings. The summed E-state index contributed by atoms with van der Waals surface area (Å²) < 4.78 is 0. The minimum atomic E-state index is -0.646. The van der Waals surface area contributed by atoms with Crippen LogP contribution in [-0.2, 0) is 5.41 Å². The Morgan fingerprint density at radius 3 is 1.34 bits per heavy atom. The normalized spacial score (nSPS) is 12.5. The maximum atomic E-state index is 2.51. The number of benzene rings is 10. The molecule has 0 bridgehead atoms. The van der Waals surface area contributed by atoms with Crippen molar-refractivity contribution in [2.75, 3.05) is 9.80 Å². The average molecular weight is 753 g/mol. The highest BCUT2D eigenvalue weighted by Crippen LogP contribution is 2.60. The maximum absolute atomic E-state index is 2.51. The zero-order valence-electron chi connectivity index (χ0n) is 32.5. The van der Waals surface area contributed by atoms with Gasteiger partial charge in [-0.15, -0.1) is 0 Å². The van der Waals surface area contributed by atoms with E-state index in [0.29, 0.717) is 0 Å². The van der Waals surface area contributed by atoms with Gasteiger partial charge in [0, 0.05) is 33.8 Å². The van der Waals surface area contributed by atoms with E-state index in [1.165, 1.54) is 54.9 Å². The third-order valence-corrected chi connectivity index (χ3v) is 12.1. The van der Waals surface area contributed by atoms with E-state index in [4.69, 9.17) is 0 Å². The summed E-state index contributed by atoms with van der Waals surface area (Å²) in [6.07, 6.45) is 0. The monoisotopic (exact) mass is 752 g/mol. The second kappa shape index (κ2) is 14.4. The van der Waals surface area contributed by atoms with Crippen LogP contribution in [0, 0.1) is 0 Å². The standard InChI is InChI=1S/C57H40N2/c1-6-22-43(23-7-1)57(44-24-8-2-9-25-44)53-39-49(58(45-26-10-3-11-27-45)46-28-12-4-13-29-46)36-37-52(53)56-51-33-19-18-32-50(51)55(40-54(56)57)59(47-30-14-5-15-31-47)48-35-34-41-20-16-17-21-42(41)38-48/h1-40H. The smallest absolute Gasteiger partial charge is 0.0715 e. The van der Waals surface area contributed by atoms with E-state index in [1.807, 2.05) is 0 Å². The molecule has 0 radical (unpaired) electrons. The Morgan fingerprint density at radius 1 is 0.288 bits per heavy atom. The first-order valence-electron chi connectivity index (χ1n) is 20.4. The Labute approximate surface area is 345 Å². The van der Waals surface area contributed by atoms with Gasteiger partial charge in [-0.05, 0) is 116 Å². The third-order valence-electron chi connectivity index (χ3n) is 12.1. The van der Waals surface area contributed by atoms with Gasteiger partial charge in [-0.1, -0.05) is 176 Å². The summed E-state index contributed by atoms with van der Waals surface area (Å²) in [6, 6.07) is 88.7. The first-order valence-corrected chi connectivity index (χ1v) is 20.4. The van der Waals surface area contributed by atoms with Gasteiger partial charge in [-0.2, -0.15) is 0 Å². The Bertz CT molecular complexity index is 3010. The van der Waals surface area contributed by atoms with Gasteiger partial charge in [0.15, 0.2) is 0 Å². The molecule has 2 nitrogen and oxygen atoms in total. The van der Waals surface area contributed by atoms with Crippen LogP contribution in [-0.4, -0.2) is 0 Å². The number of hydrogen-bond donors (Lipinski definition) is 0. The van der Waals surface area contributed by atoms with Crippen LogP contribution in [0.25, 0.3) is 32.7 Å². The molecule has 0 N–H and O–H groups in total. The zero-order chi connectivity index (χ0) is 39.2. The molecule has 0 aromatic heterocycles. The molecule has 278 valence electrons. The first kappa shape index (κ1) is 34.6. The van der Waals surface area contributed by atoms with Crippen LogP contribution in [0.5, 0.6) is 0 Å². The summed E-state index contributed by atoms with van der Waals surface area (Å²) in [5, 5.41) is 4.86. The predicted octanol–water partition coefficient (Wildman–Crippen LogP) is 15.3. The molecule has 0 fully saturated rings. The topological polar surface area (TPSA) is 6.48 Å². The number of nitrogens with zero attached hydrogens (tertiary/aromatic N) is 2. The van der Waals surface area contributed by atoms with Gasteiger partial charge in [0.1, 0.15) is 0 Å². The van der Waals surface area contributed by atoms with Crippen LogP contribution < -0.4 is 9.80 Å². The molecule has 1 aliphatic carbocycles. The fourth-order valence-electron chi connectivity index (χ4n) is 9.56. The van der Waals surface area contributed by atoms with Gasteiger partial charge in [-0.3, -0.25) is 0 Å². The van der Waals surface area contributed by atoms with Gasteiger partial charge in [0.2, 0.25) is 0 Å². The summed E-state index contributed by atoms with van der Waals surface area (Å²) in [6.45, 7) is 0. The van der Waals surface area contributed by atoms with Crippen LogP contribution in [0.3, 0.4) is 0 Å². The Morgan fingerprint density at radius 2 is 0.746 bits per heavy atom. The molecule has 2 heteroatoms. The SMILES string of the molecule is c1ccc(N(c2ccccc2)c2ccc3c(c2)C(c2ccccc2)(c2ccccc2)c2cc(N(c4ccccc4)c4ccc5ccccc5c4)c4ccccc4c2-3)cc1. The average Bonchev–Trinajstić information content (AvgIpc) is 3.61. The van der Waals surface area contributed by atoms with E-state index < -0.39 is 5.41 Å². The fourth-order valence-corrected chi connectivity index (χ4v) is 9.56. The highest BCUT2D eigenvalue weighted by molar-refractivity contribution is 6.11. The van der Waals surface area contributed by atoms with Crippen molar-refractivity contribution < 1.29 is 0 Å². The Kier molecular flexibility index (Phi) is 8.41. The summed E-state index contributed by atoms with van der Waals surface area (Å²) in [4.78, 5) is 4.83. The highest BCUT2D eigenvalue weighted by atomic mass is 15.1. The molecule has 0 amide bonds. The first-order chi connectivity index (χ1) is 29.3. The van der Waals surface area contributed by atoms with Gasteiger partial charge in [0.25, 0.3) is 0 Å². The molecule has 10 aromatic carbocycles. The lowest BCUT2D eigenvalue weighted by molar-refractivity contribution is 0.769. The summed E-state index contributed by atoms with van der Waals surface area (Å²) in [5.74, 6) is 0. The number of rotatable bonds is 8. The minimum absolute atomic E-state index is 0.646. The van der Waals surface area contributed by atoms with Crippen molar-refractivity contribution in [2.24, 2.45) is 0 Å². The lowest BCUT2D eigenvalue weighted by atomic mass is 9.67. The van der Waals surface area contributed by atoms with Crippen LogP contribution in [0.1, 0.15) is 22.3 Å². The van der Waals surface area contributed by atoms with Crippen LogP contribution >= 0.6 is 0 Å².